The van der Waals surface area contributed by atoms with Crippen LogP contribution in [-0.2, 0) is 6.54 Å². The van der Waals surface area contributed by atoms with Gasteiger partial charge < -0.3 is 4.90 Å². The number of likely N-dealkylation sites (tertiary alicyclic amines) is 1. The largest absolute Gasteiger partial charge is 0.303 e. The van der Waals surface area contributed by atoms with E-state index in [1.807, 2.05) is 0 Å². The topological polar surface area (TPSA) is 38.1 Å². The van der Waals surface area contributed by atoms with Gasteiger partial charge in [0.2, 0.25) is 0 Å². The number of aromatic nitrogens is 2. The molecule has 1 fully saturated rings. The van der Waals surface area contributed by atoms with E-state index in [0.29, 0.717) is 0 Å². The molecule has 0 aliphatic carbocycles. The standard InChI is InChI=1S/C12H19N3O/c16-12-5-6-13-11-15(12)10-4-9-14-7-2-1-3-8-14/h5-6,11H,1-4,7-10H2. The van der Waals surface area contributed by atoms with E-state index in [-0.39, 0.29) is 5.56 Å². The fourth-order valence-corrected chi connectivity index (χ4v) is 2.19. The van der Waals surface area contributed by atoms with E-state index in [4.69, 9.17) is 0 Å². The quantitative estimate of drug-likeness (QED) is 0.764. The van der Waals surface area contributed by atoms with Gasteiger partial charge in [0.05, 0.1) is 6.33 Å². The molecule has 16 heavy (non-hydrogen) atoms. The number of piperidine rings is 1. The first-order valence-corrected chi connectivity index (χ1v) is 6.09. The average Bonchev–Trinajstić information content (AvgIpc) is 2.33. The van der Waals surface area contributed by atoms with Crippen molar-refractivity contribution in [1.82, 2.24) is 14.5 Å². The van der Waals surface area contributed by atoms with Crippen LogP contribution in [0.4, 0.5) is 0 Å². The first-order valence-electron chi connectivity index (χ1n) is 6.09. The summed E-state index contributed by atoms with van der Waals surface area (Å²) in [6.45, 7) is 4.33. The third kappa shape index (κ3) is 3.17. The Kier molecular flexibility index (Phi) is 4.10. The lowest BCUT2D eigenvalue weighted by atomic mass is 10.1. The fraction of sp³-hybridized carbons (Fsp3) is 0.667. The molecule has 0 N–H and O–H groups in total. The maximum atomic E-state index is 11.4. The Hall–Kier alpha value is -1.16. The predicted molar refractivity (Wildman–Crippen MR) is 63.4 cm³/mol. The lowest BCUT2D eigenvalue weighted by Gasteiger charge is -2.26. The molecule has 0 atom stereocenters. The zero-order valence-corrected chi connectivity index (χ0v) is 9.64. The van der Waals surface area contributed by atoms with Crippen LogP contribution in [0.5, 0.6) is 0 Å². The second kappa shape index (κ2) is 5.80. The molecule has 1 aromatic rings. The van der Waals surface area contributed by atoms with E-state index in [9.17, 15) is 4.79 Å². The molecule has 88 valence electrons. The van der Waals surface area contributed by atoms with Crippen molar-refractivity contribution in [2.45, 2.75) is 32.2 Å². The summed E-state index contributed by atoms with van der Waals surface area (Å²) >= 11 is 0. The lowest BCUT2D eigenvalue weighted by Crippen LogP contribution is -2.31. The molecule has 4 heteroatoms. The molecule has 0 amide bonds. The Bertz CT molecular complexity index is 369. The van der Waals surface area contributed by atoms with Gasteiger partial charge in [-0.1, -0.05) is 6.42 Å². The van der Waals surface area contributed by atoms with Gasteiger partial charge in [0, 0.05) is 18.8 Å². The van der Waals surface area contributed by atoms with Crippen LogP contribution in [0, 0.1) is 0 Å². The van der Waals surface area contributed by atoms with E-state index in [0.717, 1.165) is 19.5 Å². The fourth-order valence-electron chi connectivity index (χ4n) is 2.19. The highest BCUT2D eigenvalue weighted by Crippen LogP contribution is 2.08. The third-order valence-electron chi connectivity index (χ3n) is 3.11. The summed E-state index contributed by atoms with van der Waals surface area (Å²) in [5, 5.41) is 0. The lowest BCUT2D eigenvalue weighted by molar-refractivity contribution is 0.222. The molecule has 0 radical (unpaired) electrons. The minimum absolute atomic E-state index is 0.0497. The van der Waals surface area contributed by atoms with Gasteiger partial charge in [0.15, 0.2) is 0 Å². The highest BCUT2D eigenvalue weighted by atomic mass is 16.1. The van der Waals surface area contributed by atoms with Crippen LogP contribution in [0.25, 0.3) is 0 Å². The molecule has 0 spiro atoms. The van der Waals surface area contributed by atoms with E-state index in [1.165, 1.54) is 38.4 Å². The molecule has 1 aliphatic rings. The zero-order valence-electron chi connectivity index (χ0n) is 9.64. The van der Waals surface area contributed by atoms with Crippen molar-refractivity contribution in [2.75, 3.05) is 19.6 Å². The van der Waals surface area contributed by atoms with Crippen molar-refractivity contribution >= 4 is 0 Å². The van der Waals surface area contributed by atoms with Gasteiger partial charge in [-0.05, 0) is 38.9 Å². The Balaban J connectivity index is 1.75. The van der Waals surface area contributed by atoms with E-state index in [2.05, 4.69) is 9.88 Å². The van der Waals surface area contributed by atoms with Crippen molar-refractivity contribution in [1.29, 1.82) is 0 Å². The summed E-state index contributed by atoms with van der Waals surface area (Å²) in [6, 6.07) is 1.51. The van der Waals surface area contributed by atoms with Crippen molar-refractivity contribution < 1.29 is 0 Å². The van der Waals surface area contributed by atoms with E-state index < -0.39 is 0 Å². The van der Waals surface area contributed by atoms with Gasteiger partial charge in [-0.3, -0.25) is 9.36 Å². The van der Waals surface area contributed by atoms with Crippen molar-refractivity contribution in [3.8, 4) is 0 Å². The number of hydrogen-bond acceptors (Lipinski definition) is 3. The van der Waals surface area contributed by atoms with Crippen LogP contribution < -0.4 is 5.56 Å². The minimum atomic E-state index is 0.0497. The summed E-state index contributed by atoms with van der Waals surface area (Å²) in [6.07, 6.45) is 8.23. The highest BCUT2D eigenvalue weighted by molar-refractivity contribution is 4.81. The minimum Gasteiger partial charge on any atom is -0.303 e. The Labute approximate surface area is 95.9 Å². The predicted octanol–water partition coefficient (Wildman–Crippen LogP) is 1.12. The molecule has 4 nitrogen and oxygen atoms in total. The van der Waals surface area contributed by atoms with Crippen molar-refractivity contribution in [3.63, 3.8) is 0 Å². The Morgan fingerprint density at radius 1 is 1.19 bits per heavy atom. The summed E-state index contributed by atoms with van der Waals surface area (Å²) in [5.41, 5.74) is 0.0497. The Morgan fingerprint density at radius 2 is 2.00 bits per heavy atom. The molecular formula is C12H19N3O. The van der Waals surface area contributed by atoms with Crippen LogP contribution in [-0.4, -0.2) is 34.1 Å². The highest BCUT2D eigenvalue weighted by Gasteiger charge is 2.08. The van der Waals surface area contributed by atoms with Crippen LogP contribution in [0.3, 0.4) is 0 Å². The summed E-state index contributed by atoms with van der Waals surface area (Å²) in [5.74, 6) is 0. The summed E-state index contributed by atoms with van der Waals surface area (Å²) < 4.78 is 1.68. The molecule has 1 aliphatic heterocycles. The monoisotopic (exact) mass is 221 g/mol. The Morgan fingerprint density at radius 3 is 2.75 bits per heavy atom. The normalized spacial score (nSPS) is 17.5. The molecule has 0 bridgehead atoms. The van der Waals surface area contributed by atoms with Gasteiger partial charge in [-0.2, -0.15) is 0 Å². The van der Waals surface area contributed by atoms with Gasteiger partial charge in [-0.25, -0.2) is 4.98 Å². The molecule has 0 aromatic carbocycles. The van der Waals surface area contributed by atoms with Crippen molar-refractivity contribution in [2.24, 2.45) is 0 Å². The second-order valence-corrected chi connectivity index (χ2v) is 4.37. The van der Waals surface area contributed by atoms with Crippen molar-refractivity contribution in [3.05, 3.63) is 28.9 Å². The maximum absolute atomic E-state index is 11.4. The maximum Gasteiger partial charge on any atom is 0.253 e. The van der Waals surface area contributed by atoms with Gasteiger partial charge in [-0.15, -0.1) is 0 Å². The molecule has 2 rings (SSSR count). The molecular weight excluding hydrogens is 202 g/mol. The zero-order chi connectivity index (χ0) is 11.2. The molecule has 0 unspecified atom stereocenters. The van der Waals surface area contributed by atoms with Gasteiger partial charge in [0.1, 0.15) is 0 Å². The number of rotatable bonds is 4. The van der Waals surface area contributed by atoms with Gasteiger partial charge in [0.25, 0.3) is 5.56 Å². The SMILES string of the molecule is O=c1ccncn1CCCN1CCCCC1. The molecule has 2 heterocycles. The van der Waals surface area contributed by atoms with Crippen LogP contribution >= 0.6 is 0 Å². The van der Waals surface area contributed by atoms with E-state index >= 15 is 0 Å². The molecule has 1 saturated heterocycles. The summed E-state index contributed by atoms with van der Waals surface area (Å²) in [7, 11) is 0. The molecule has 1 aromatic heterocycles. The number of aryl methyl sites for hydroxylation is 1. The number of hydrogen-bond donors (Lipinski definition) is 0. The average molecular weight is 221 g/mol. The van der Waals surface area contributed by atoms with E-state index in [1.54, 1.807) is 17.1 Å². The summed E-state index contributed by atoms with van der Waals surface area (Å²) in [4.78, 5) is 17.9. The third-order valence-corrected chi connectivity index (χ3v) is 3.11. The smallest absolute Gasteiger partial charge is 0.253 e. The second-order valence-electron chi connectivity index (χ2n) is 4.37. The van der Waals surface area contributed by atoms with Crippen LogP contribution in [0.2, 0.25) is 0 Å². The van der Waals surface area contributed by atoms with Gasteiger partial charge >= 0.3 is 0 Å². The van der Waals surface area contributed by atoms with Crippen LogP contribution in [0.1, 0.15) is 25.7 Å². The first-order chi connectivity index (χ1) is 7.86. The molecule has 0 saturated carbocycles. The van der Waals surface area contributed by atoms with Crippen LogP contribution in [0.15, 0.2) is 23.4 Å². The number of nitrogens with zero attached hydrogens (tertiary/aromatic N) is 3. The first kappa shape index (κ1) is 11.3.